The molecule has 1 aliphatic heterocycles. The normalized spacial score (nSPS) is 17.3. The fourth-order valence-corrected chi connectivity index (χ4v) is 4.63. The Balaban J connectivity index is 1.59. The molecule has 11 heteroatoms. The molecule has 4 N–H and O–H groups in total. The molecule has 2 unspecified atom stereocenters. The second-order valence-electron chi connectivity index (χ2n) is 9.20. The van der Waals surface area contributed by atoms with Crippen LogP contribution in [0.3, 0.4) is 0 Å². The Morgan fingerprint density at radius 2 is 1.89 bits per heavy atom. The van der Waals surface area contributed by atoms with Crippen LogP contribution in [0.5, 0.6) is 5.75 Å². The van der Waals surface area contributed by atoms with Crippen LogP contribution >= 0.6 is 15.9 Å². The van der Waals surface area contributed by atoms with E-state index in [1.807, 2.05) is 13.8 Å². The summed E-state index contributed by atoms with van der Waals surface area (Å²) in [5, 5.41) is 21.1. The van der Waals surface area contributed by atoms with Crippen LogP contribution in [-0.4, -0.2) is 56.3 Å². The molecular weight excluding hydrogens is 547 g/mol. The van der Waals surface area contributed by atoms with Crippen molar-refractivity contribution in [2.24, 2.45) is 5.92 Å². The van der Waals surface area contributed by atoms with Gasteiger partial charge in [-0.2, -0.15) is 0 Å². The summed E-state index contributed by atoms with van der Waals surface area (Å²) in [6.07, 6.45) is -0.997. The third-order valence-corrected chi connectivity index (χ3v) is 6.62. The number of rotatable bonds is 9. The van der Waals surface area contributed by atoms with E-state index in [0.717, 1.165) is 4.90 Å². The van der Waals surface area contributed by atoms with E-state index in [4.69, 9.17) is 9.84 Å². The Bertz CT molecular complexity index is 1300. The summed E-state index contributed by atoms with van der Waals surface area (Å²) in [6.45, 7) is 5.01. The summed E-state index contributed by atoms with van der Waals surface area (Å²) in [5.74, 6) is -0.208. The fourth-order valence-electron chi connectivity index (χ4n) is 4.30. The fraction of sp³-hybridized carbons (Fsp3) is 0.346. The van der Waals surface area contributed by atoms with Crippen molar-refractivity contribution in [2.75, 3.05) is 13.2 Å². The number of aromatic nitrogens is 2. The Morgan fingerprint density at radius 1 is 1.19 bits per heavy atom. The molecule has 0 radical (unpaired) electrons. The molecule has 2 aromatic carbocycles. The molecule has 1 saturated heterocycles. The standard InChI is InChI=1S/C26H28BrFN4O5/c1-13(2)23(24-29-14(3)21(30-24)19-9-6-16(27)10-20(19)28)32-25(35)22(31-26(32)36)15-4-7-18(8-5-15)37-12-17(34)11-33/h4-10,13,17,22-23,33-34H,11-12H2,1-3H3,(H,29,30)(H,31,36)/t17?,22?,23-/m0/s1. The van der Waals surface area contributed by atoms with Crippen molar-refractivity contribution in [2.45, 2.75) is 39.0 Å². The zero-order valence-corrected chi connectivity index (χ0v) is 22.1. The number of imidazole rings is 1. The van der Waals surface area contributed by atoms with Gasteiger partial charge in [0.15, 0.2) is 0 Å². The molecular formula is C26H28BrFN4O5. The number of H-pyrrole nitrogens is 1. The Morgan fingerprint density at radius 3 is 2.51 bits per heavy atom. The highest BCUT2D eigenvalue weighted by atomic mass is 79.9. The number of amides is 3. The van der Waals surface area contributed by atoms with Crippen molar-refractivity contribution in [1.82, 2.24) is 20.2 Å². The third-order valence-electron chi connectivity index (χ3n) is 6.13. The lowest BCUT2D eigenvalue weighted by Crippen LogP contribution is -2.38. The summed E-state index contributed by atoms with van der Waals surface area (Å²) in [5.41, 5.74) is 1.93. The predicted molar refractivity (Wildman–Crippen MR) is 137 cm³/mol. The van der Waals surface area contributed by atoms with E-state index >= 15 is 0 Å². The molecule has 3 aromatic rings. The van der Waals surface area contributed by atoms with Crippen molar-refractivity contribution >= 4 is 27.9 Å². The number of halogens is 2. The van der Waals surface area contributed by atoms with Crippen LogP contribution in [-0.2, 0) is 4.79 Å². The first kappa shape index (κ1) is 26.8. The van der Waals surface area contributed by atoms with Gasteiger partial charge in [0, 0.05) is 10.0 Å². The van der Waals surface area contributed by atoms with Gasteiger partial charge in [-0.15, -0.1) is 0 Å². The monoisotopic (exact) mass is 574 g/mol. The third kappa shape index (κ3) is 5.53. The van der Waals surface area contributed by atoms with Crippen molar-refractivity contribution in [3.8, 4) is 17.0 Å². The zero-order chi connectivity index (χ0) is 26.9. The van der Waals surface area contributed by atoms with Crippen LogP contribution in [0.25, 0.3) is 11.3 Å². The molecule has 4 rings (SSSR count). The summed E-state index contributed by atoms with van der Waals surface area (Å²) in [6, 6.07) is 9.13. The average Bonchev–Trinajstić information content (AvgIpc) is 3.37. The van der Waals surface area contributed by atoms with Gasteiger partial charge in [-0.3, -0.25) is 9.69 Å². The van der Waals surface area contributed by atoms with Gasteiger partial charge in [-0.1, -0.05) is 41.9 Å². The average molecular weight is 575 g/mol. The number of aliphatic hydroxyl groups excluding tert-OH is 2. The molecule has 37 heavy (non-hydrogen) atoms. The van der Waals surface area contributed by atoms with Crippen LogP contribution in [0.15, 0.2) is 46.9 Å². The quantitative estimate of drug-likeness (QED) is 0.286. The van der Waals surface area contributed by atoms with E-state index in [2.05, 4.69) is 31.2 Å². The van der Waals surface area contributed by atoms with Crippen molar-refractivity contribution in [3.63, 3.8) is 0 Å². The van der Waals surface area contributed by atoms with Crippen molar-refractivity contribution < 1.29 is 28.9 Å². The molecule has 1 aromatic heterocycles. The number of carbonyl (C=O) groups excluding carboxylic acids is 2. The molecule has 0 bridgehead atoms. The Hall–Kier alpha value is -3.28. The van der Waals surface area contributed by atoms with E-state index in [-0.39, 0.29) is 12.5 Å². The number of ether oxygens (including phenoxy) is 1. The maximum Gasteiger partial charge on any atom is 0.325 e. The minimum absolute atomic E-state index is 0.0759. The van der Waals surface area contributed by atoms with Gasteiger partial charge in [-0.25, -0.2) is 14.2 Å². The minimum Gasteiger partial charge on any atom is -0.491 e. The van der Waals surface area contributed by atoms with Gasteiger partial charge < -0.3 is 25.3 Å². The number of benzene rings is 2. The molecule has 3 amide bonds. The van der Waals surface area contributed by atoms with Crippen LogP contribution in [0.1, 0.15) is 43.0 Å². The number of aliphatic hydroxyl groups is 2. The second kappa shape index (κ2) is 11.0. The number of nitrogens with zero attached hydrogens (tertiary/aromatic N) is 2. The van der Waals surface area contributed by atoms with Crippen LogP contribution in [0.4, 0.5) is 9.18 Å². The van der Waals surface area contributed by atoms with Crippen LogP contribution in [0, 0.1) is 18.7 Å². The van der Waals surface area contributed by atoms with Gasteiger partial charge in [0.05, 0.1) is 18.0 Å². The van der Waals surface area contributed by atoms with Gasteiger partial charge in [-0.05, 0) is 48.7 Å². The Kier molecular flexibility index (Phi) is 7.96. The van der Waals surface area contributed by atoms with E-state index in [1.54, 1.807) is 43.3 Å². The first-order chi connectivity index (χ1) is 17.6. The number of hydrogen-bond acceptors (Lipinski definition) is 6. The van der Waals surface area contributed by atoms with Crippen LogP contribution < -0.4 is 10.1 Å². The number of urea groups is 1. The zero-order valence-electron chi connectivity index (χ0n) is 20.5. The summed E-state index contributed by atoms with van der Waals surface area (Å²) < 4.78 is 20.7. The summed E-state index contributed by atoms with van der Waals surface area (Å²) >= 11 is 3.26. The minimum atomic E-state index is -0.997. The maximum atomic E-state index is 14.6. The van der Waals surface area contributed by atoms with Gasteiger partial charge in [0.2, 0.25) is 0 Å². The van der Waals surface area contributed by atoms with E-state index in [9.17, 15) is 19.1 Å². The summed E-state index contributed by atoms with van der Waals surface area (Å²) in [4.78, 5) is 35.4. The van der Waals surface area contributed by atoms with Gasteiger partial charge >= 0.3 is 6.03 Å². The molecule has 2 heterocycles. The lowest BCUT2D eigenvalue weighted by atomic mass is 10.0. The topological polar surface area (TPSA) is 128 Å². The van der Waals surface area contributed by atoms with Crippen molar-refractivity contribution in [3.05, 3.63) is 69.8 Å². The molecule has 3 atom stereocenters. The molecule has 0 aliphatic carbocycles. The molecule has 9 nitrogen and oxygen atoms in total. The number of aromatic amines is 1. The van der Waals surface area contributed by atoms with E-state index in [1.165, 1.54) is 6.07 Å². The smallest absolute Gasteiger partial charge is 0.325 e. The number of imide groups is 1. The maximum absolute atomic E-state index is 14.6. The highest BCUT2D eigenvalue weighted by Crippen LogP contribution is 2.36. The largest absolute Gasteiger partial charge is 0.491 e. The molecule has 1 aliphatic rings. The Labute approximate surface area is 221 Å². The first-order valence-electron chi connectivity index (χ1n) is 11.8. The summed E-state index contributed by atoms with van der Waals surface area (Å²) in [7, 11) is 0. The number of nitrogens with one attached hydrogen (secondary N) is 2. The predicted octanol–water partition coefficient (Wildman–Crippen LogP) is 4.01. The molecule has 0 saturated carbocycles. The first-order valence-corrected chi connectivity index (χ1v) is 12.6. The van der Waals surface area contributed by atoms with Crippen LogP contribution in [0.2, 0.25) is 0 Å². The lowest BCUT2D eigenvalue weighted by Gasteiger charge is -2.27. The molecule has 196 valence electrons. The van der Waals surface area contributed by atoms with Crippen molar-refractivity contribution in [1.29, 1.82) is 0 Å². The number of hydrogen-bond donors (Lipinski definition) is 4. The van der Waals surface area contributed by atoms with Gasteiger partial charge in [0.25, 0.3) is 5.91 Å². The number of aryl methyl sites for hydroxylation is 1. The molecule has 0 spiro atoms. The molecule has 1 fully saturated rings. The lowest BCUT2D eigenvalue weighted by molar-refractivity contribution is -0.130. The van der Waals surface area contributed by atoms with E-state index in [0.29, 0.717) is 38.6 Å². The number of carbonyl (C=O) groups is 2. The second-order valence-corrected chi connectivity index (χ2v) is 10.1. The van der Waals surface area contributed by atoms with Gasteiger partial charge in [0.1, 0.15) is 42.2 Å². The highest BCUT2D eigenvalue weighted by molar-refractivity contribution is 9.10. The highest BCUT2D eigenvalue weighted by Gasteiger charge is 2.45. The SMILES string of the molecule is Cc1nc([C@H](C(C)C)N2C(=O)NC(c3ccc(OCC(O)CO)cc3)C2=O)[nH]c1-c1ccc(Br)cc1F. The van der Waals surface area contributed by atoms with E-state index < -0.39 is 42.6 Å².